The van der Waals surface area contributed by atoms with Gasteiger partial charge in [-0.05, 0) is 60.9 Å². The van der Waals surface area contributed by atoms with Gasteiger partial charge in [0.1, 0.15) is 11.8 Å². The molecule has 5 rings (SSSR count). The number of benzene rings is 2. The average Bonchev–Trinajstić information content (AvgIpc) is 3.47. The van der Waals surface area contributed by atoms with Crippen molar-refractivity contribution in [1.29, 1.82) is 0 Å². The zero-order valence-electron chi connectivity index (χ0n) is 17.5. The van der Waals surface area contributed by atoms with Crippen LogP contribution in [0.25, 0.3) is 0 Å². The van der Waals surface area contributed by atoms with Crippen molar-refractivity contribution < 1.29 is 19.1 Å². The molecule has 3 aliphatic rings. The standard InChI is InChI=1S/C25H26N2O4/c1-31-19-11-9-18(10-12-19)26-23(28)20(13-15-5-3-2-4-6-15)27-24(29)21-16-7-8-17(14-16)22(21)25(27)30/h2-6,9-12,16-17,20-22H,7-8,13-14H2,1H3,(H,26,28)/t16-,17+,20-,21-,22+/m1/s1. The van der Waals surface area contributed by atoms with Crippen molar-refractivity contribution in [2.24, 2.45) is 23.7 Å². The highest BCUT2D eigenvalue weighted by atomic mass is 16.5. The summed E-state index contributed by atoms with van der Waals surface area (Å²) in [5.41, 5.74) is 1.52. The van der Waals surface area contributed by atoms with Gasteiger partial charge in [-0.3, -0.25) is 19.3 Å². The van der Waals surface area contributed by atoms with Crippen molar-refractivity contribution in [3.05, 3.63) is 60.2 Å². The highest BCUT2D eigenvalue weighted by Crippen LogP contribution is 2.56. The van der Waals surface area contributed by atoms with E-state index in [1.165, 1.54) is 4.90 Å². The van der Waals surface area contributed by atoms with Gasteiger partial charge in [0.2, 0.25) is 17.7 Å². The Morgan fingerprint density at radius 3 is 2.19 bits per heavy atom. The predicted octanol–water partition coefficient (Wildman–Crippen LogP) is 3.28. The molecule has 0 radical (unpaired) electrons. The van der Waals surface area contributed by atoms with Crippen LogP contribution in [0.15, 0.2) is 54.6 Å². The third-order valence-corrected chi connectivity index (χ3v) is 7.21. The van der Waals surface area contributed by atoms with Crippen molar-refractivity contribution in [2.45, 2.75) is 31.7 Å². The second-order valence-corrected chi connectivity index (χ2v) is 8.85. The van der Waals surface area contributed by atoms with E-state index >= 15 is 0 Å². The maximum absolute atomic E-state index is 13.4. The first kappa shape index (κ1) is 19.8. The van der Waals surface area contributed by atoms with E-state index in [-0.39, 0.29) is 29.6 Å². The van der Waals surface area contributed by atoms with E-state index in [0.29, 0.717) is 29.7 Å². The van der Waals surface area contributed by atoms with Gasteiger partial charge >= 0.3 is 0 Å². The lowest BCUT2D eigenvalue weighted by atomic mass is 9.81. The molecule has 1 aliphatic heterocycles. The fourth-order valence-electron chi connectivity index (χ4n) is 5.78. The first-order valence-corrected chi connectivity index (χ1v) is 10.9. The molecule has 0 spiro atoms. The van der Waals surface area contributed by atoms with E-state index in [4.69, 9.17) is 4.74 Å². The fourth-order valence-corrected chi connectivity index (χ4v) is 5.78. The van der Waals surface area contributed by atoms with Gasteiger partial charge in [0.15, 0.2) is 0 Å². The summed E-state index contributed by atoms with van der Waals surface area (Å²) in [4.78, 5) is 41.4. The van der Waals surface area contributed by atoms with Crippen molar-refractivity contribution in [3.63, 3.8) is 0 Å². The lowest BCUT2D eigenvalue weighted by Gasteiger charge is -2.27. The van der Waals surface area contributed by atoms with Crippen molar-refractivity contribution in [2.75, 3.05) is 12.4 Å². The second-order valence-electron chi connectivity index (χ2n) is 8.85. The van der Waals surface area contributed by atoms with Crippen LogP contribution in [0.4, 0.5) is 5.69 Å². The van der Waals surface area contributed by atoms with Crippen molar-refractivity contribution in [3.8, 4) is 5.75 Å². The summed E-state index contributed by atoms with van der Waals surface area (Å²) in [6.45, 7) is 0. The normalized spacial score (nSPS) is 27.3. The molecule has 3 fully saturated rings. The van der Waals surface area contributed by atoms with Crippen LogP contribution in [-0.4, -0.2) is 35.8 Å². The summed E-state index contributed by atoms with van der Waals surface area (Å²) in [7, 11) is 1.58. The Hall–Kier alpha value is -3.15. The molecule has 6 nitrogen and oxygen atoms in total. The summed E-state index contributed by atoms with van der Waals surface area (Å²) in [5, 5.41) is 2.89. The monoisotopic (exact) mass is 418 g/mol. The number of nitrogens with zero attached hydrogens (tertiary/aromatic N) is 1. The number of rotatable bonds is 6. The third-order valence-electron chi connectivity index (χ3n) is 7.21. The largest absolute Gasteiger partial charge is 0.497 e. The first-order chi connectivity index (χ1) is 15.1. The van der Waals surface area contributed by atoms with Gasteiger partial charge in [0.05, 0.1) is 18.9 Å². The molecule has 31 heavy (non-hydrogen) atoms. The Morgan fingerprint density at radius 2 is 1.61 bits per heavy atom. The van der Waals surface area contributed by atoms with E-state index in [1.54, 1.807) is 31.4 Å². The first-order valence-electron chi connectivity index (χ1n) is 10.9. The smallest absolute Gasteiger partial charge is 0.248 e. The van der Waals surface area contributed by atoms with Crippen LogP contribution in [-0.2, 0) is 20.8 Å². The van der Waals surface area contributed by atoms with E-state index in [1.807, 2.05) is 30.3 Å². The summed E-state index contributed by atoms with van der Waals surface area (Å²) in [6.07, 6.45) is 3.30. The number of nitrogens with one attached hydrogen (secondary N) is 1. The van der Waals surface area contributed by atoms with E-state index in [2.05, 4.69) is 5.32 Å². The maximum Gasteiger partial charge on any atom is 0.248 e. The van der Waals surface area contributed by atoms with Gasteiger partial charge in [0.25, 0.3) is 0 Å². The van der Waals surface area contributed by atoms with Crippen molar-refractivity contribution >= 4 is 23.4 Å². The molecule has 1 saturated heterocycles. The molecule has 2 aromatic rings. The highest BCUT2D eigenvalue weighted by Gasteiger charge is 2.62. The van der Waals surface area contributed by atoms with Crippen LogP contribution in [0, 0.1) is 23.7 Å². The molecule has 1 N–H and O–H groups in total. The number of methoxy groups -OCH3 is 1. The number of fused-ring (bicyclic) bond motifs is 5. The Bertz CT molecular complexity index is 976. The summed E-state index contributed by atoms with van der Waals surface area (Å²) >= 11 is 0. The van der Waals surface area contributed by atoms with Gasteiger partial charge in [-0.15, -0.1) is 0 Å². The molecule has 3 amide bonds. The van der Waals surface area contributed by atoms with Gasteiger partial charge in [-0.25, -0.2) is 0 Å². The molecule has 2 bridgehead atoms. The lowest BCUT2D eigenvalue weighted by molar-refractivity contribution is -0.147. The molecule has 0 aromatic heterocycles. The fraction of sp³-hybridized carbons (Fsp3) is 0.400. The minimum Gasteiger partial charge on any atom is -0.497 e. The number of carbonyl (C=O) groups excluding carboxylic acids is 3. The summed E-state index contributed by atoms with van der Waals surface area (Å²) in [5.74, 6) is 0.129. The molecule has 2 saturated carbocycles. The SMILES string of the molecule is COc1ccc(NC(=O)[C@@H](Cc2ccccc2)N2C(=O)[C@@H]3[C@@H]4CC[C@@H](C4)[C@@H]3C2=O)cc1. The highest BCUT2D eigenvalue weighted by molar-refractivity contribution is 6.10. The molecule has 160 valence electrons. The number of amides is 3. The number of hydrogen-bond donors (Lipinski definition) is 1. The van der Waals surface area contributed by atoms with Crippen LogP contribution >= 0.6 is 0 Å². The average molecular weight is 418 g/mol. The molecule has 2 aromatic carbocycles. The zero-order valence-corrected chi connectivity index (χ0v) is 17.5. The summed E-state index contributed by atoms with van der Waals surface area (Å²) < 4.78 is 5.17. The third kappa shape index (κ3) is 3.40. The maximum atomic E-state index is 13.4. The Kier molecular flexibility index (Phi) is 5.00. The zero-order chi connectivity index (χ0) is 21.5. The number of anilines is 1. The van der Waals surface area contributed by atoms with Crippen LogP contribution < -0.4 is 10.1 Å². The second kappa shape index (κ2) is 7.84. The van der Waals surface area contributed by atoms with Gasteiger partial charge in [-0.2, -0.15) is 0 Å². The molecule has 1 heterocycles. The van der Waals surface area contributed by atoms with Gasteiger partial charge in [-0.1, -0.05) is 30.3 Å². The number of carbonyl (C=O) groups is 3. The van der Waals surface area contributed by atoms with E-state index in [0.717, 1.165) is 24.8 Å². The molecule has 5 atom stereocenters. The van der Waals surface area contributed by atoms with Crippen LogP contribution in [0.5, 0.6) is 5.75 Å². The van der Waals surface area contributed by atoms with E-state index in [9.17, 15) is 14.4 Å². The lowest BCUT2D eigenvalue weighted by Crippen LogP contribution is -2.49. The molecular formula is C25H26N2O4. The van der Waals surface area contributed by atoms with Crippen molar-refractivity contribution in [1.82, 2.24) is 4.90 Å². The number of imide groups is 1. The Morgan fingerprint density at radius 1 is 1.00 bits per heavy atom. The number of likely N-dealkylation sites (tertiary alicyclic amines) is 1. The Balaban J connectivity index is 1.43. The minimum absolute atomic E-state index is 0.159. The predicted molar refractivity (Wildman–Crippen MR) is 115 cm³/mol. The van der Waals surface area contributed by atoms with Crippen LogP contribution in [0.1, 0.15) is 24.8 Å². The molecule has 2 aliphatic carbocycles. The summed E-state index contributed by atoms with van der Waals surface area (Å²) in [6, 6.07) is 15.7. The van der Waals surface area contributed by atoms with Gasteiger partial charge in [0, 0.05) is 12.1 Å². The topological polar surface area (TPSA) is 75.7 Å². The van der Waals surface area contributed by atoms with Crippen LogP contribution in [0.3, 0.4) is 0 Å². The number of hydrogen-bond acceptors (Lipinski definition) is 4. The molecular weight excluding hydrogens is 392 g/mol. The number of ether oxygens (including phenoxy) is 1. The quantitative estimate of drug-likeness (QED) is 0.731. The Labute approximate surface area is 181 Å². The van der Waals surface area contributed by atoms with E-state index < -0.39 is 6.04 Å². The molecule has 6 heteroatoms. The van der Waals surface area contributed by atoms with Crippen LogP contribution in [0.2, 0.25) is 0 Å². The van der Waals surface area contributed by atoms with Gasteiger partial charge < -0.3 is 10.1 Å². The minimum atomic E-state index is -0.866. The molecule has 0 unspecified atom stereocenters.